The Labute approximate surface area is 217 Å². The Morgan fingerprint density at radius 1 is 0.583 bits per heavy atom. The van der Waals surface area contributed by atoms with Gasteiger partial charge in [-0.1, -0.05) is 33.7 Å². The molecule has 0 saturated carbocycles. The van der Waals surface area contributed by atoms with Crippen molar-refractivity contribution in [3.8, 4) is 22.8 Å². The number of nitrogens with one attached hydrogen (secondary N) is 2. The molecule has 0 radical (unpaired) electrons. The molecule has 4 heterocycles. The van der Waals surface area contributed by atoms with Crippen LogP contribution in [0.2, 0.25) is 0 Å². The summed E-state index contributed by atoms with van der Waals surface area (Å²) in [6, 6.07) is 18.3. The fourth-order valence-electron chi connectivity index (χ4n) is 3.12. The molecule has 4 aromatic rings. The first kappa shape index (κ1) is 25.3. The molecule has 0 aliphatic carbocycles. The molecule has 0 aromatic carbocycles. The molecule has 0 atom stereocenters. The van der Waals surface area contributed by atoms with E-state index in [-0.39, 0.29) is 11.8 Å². The van der Waals surface area contributed by atoms with Crippen LogP contribution in [0.5, 0.6) is 0 Å². The van der Waals surface area contributed by atoms with Gasteiger partial charge in [0.25, 0.3) is 11.8 Å². The minimum atomic E-state index is -0.157. The van der Waals surface area contributed by atoms with E-state index in [2.05, 4.69) is 30.6 Å². The van der Waals surface area contributed by atoms with E-state index in [9.17, 15) is 9.59 Å². The van der Waals surface area contributed by atoms with Crippen molar-refractivity contribution in [2.75, 3.05) is 24.6 Å². The number of hydrogen-bond donors (Lipinski definition) is 2. The highest BCUT2D eigenvalue weighted by Crippen LogP contribution is 2.19. The highest BCUT2D eigenvalue weighted by atomic mass is 33.1. The maximum Gasteiger partial charge on any atom is 0.252 e. The Kier molecular flexibility index (Phi) is 9.40. The van der Waals surface area contributed by atoms with Crippen molar-refractivity contribution in [3.05, 3.63) is 96.6 Å². The Morgan fingerprint density at radius 2 is 1.03 bits per heavy atom. The normalized spacial score (nSPS) is 10.6. The molecule has 0 bridgehead atoms. The molecular formula is C26H24N6O2S2. The molecule has 4 aromatic heterocycles. The smallest absolute Gasteiger partial charge is 0.252 e. The third-order valence-corrected chi connectivity index (χ3v) is 7.34. The molecule has 0 saturated heterocycles. The molecule has 182 valence electrons. The summed E-state index contributed by atoms with van der Waals surface area (Å²) in [5.74, 6) is 1.19. The molecule has 8 nitrogen and oxygen atoms in total. The van der Waals surface area contributed by atoms with Crippen LogP contribution in [0, 0.1) is 0 Å². The number of carbonyl (C=O) groups excluding carboxylic acids is 2. The number of aromatic nitrogens is 4. The fraction of sp³-hybridized carbons (Fsp3) is 0.154. The Hall–Kier alpha value is -3.76. The molecule has 2 N–H and O–H groups in total. The Balaban J connectivity index is 1.08. The van der Waals surface area contributed by atoms with Gasteiger partial charge in [0.2, 0.25) is 0 Å². The quantitative estimate of drug-likeness (QED) is 0.226. The summed E-state index contributed by atoms with van der Waals surface area (Å²) in [5, 5.41) is 5.79. The molecule has 36 heavy (non-hydrogen) atoms. The predicted molar refractivity (Wildman–Crippen MR) is 145 cm³/mol. The van der Waals surface area contributed by atoms with Gasteiger partial charge in [0.15, 0.2) is 0 Å². The first-order chi connectivity index (χ1) is 17.7. The van der Waals surface area contributed by atoms with Crippen LogP contribution in [-0.2, 0) is 0 Å². The van der Waals surface area contributed by atoms with Gasteiger partial charge >= 0.3 is 0 Å². The second-order valence-electron chi connectivity index (χ2n) is 7.45. The number of hydrogen-bond acceptors (Lipinski definition) is 8. The van der Waals surface area contributed by atoms with Crippen LogP contribution in [-0.4, -0.2) is 56.3 Å². The van der Waals surface area contributed by atoms with Gasteiger partial charge in [0, 0.05) is 49.4 Å². The highest BCUT2D eigenvalue weighted by Gasteiger charge is 2.08. The minimum absolute atomic E-state index is 0.157. The topological polar surface area (TPSA) is 110 Å². The van der Waals surface area contributed by atoms with E-state index in [0.717, 1.165) is 34.3 Å². The standard InChI is InChI=1S/C26H24N6O2S2/c33-25(19-7-9-23(31-17-19)21-5-1-3-11-27-21)29-13-15-35-36-16-14-30-26(34)20-8-10-24(32-18-20)22-6-2-4-12-28-22/h1-12,17-18H,13-16H2,(H,29,33)(H,30,34). The van der Waals surface area contributed by atoms with Gasteiger partial charge in [0.05, 0.1) is 33.9 Å². The maximum absolute atomic E-state index is 12.3. The number of amides is 2. The molecule has 0 aliphatic heterocycles. The van der Waals surface area contributed by atoms with E-state index in [0.29, 0.717) is 24.2 Å². The van der Waals surface area contributed by atoms with E-state index < -0.39 is 0 Å². The molecule has 2 amide bonds. The lowest BCUT2D eigenvalue weighted by atomic mass is 10.2. The first-order valence-corrected chi connectivity index (χ1v) is 13.8. The van der Waals surface area contributed by atoms with Gasteiger partial charge in [-0.25, -0.2) is 0 Å². The van der Waals surface area contributed by atoms with Gasteiger partial charge in [-0.05, 0) is 48.5 Å². The molecule has 10 heteroatoms. The van der Waals surface area contributed by atoms with Crippen molar-refractivity contribution in [1.82, 2.24) is 30.6 Å². The maximum atomic E-state index is 12.3. The summed E-state index contributed by atoms with van der Waals surface area (Å²) in [6.07, 6.45) is 6.54. The Morgan fingerprint density at radius 3 is 1.39 bits per heavy atom. The zero-order valence-corrected chi connectivity index (χ0v) is 21.0. The second-order valence-corrected chi connectivity index (χ2v) is 10.2. The SMILES string of the molecule is O=C(NCCSSCCNC(=O)c1ccc(-c2ccccn2)nc1)c1ccc(-c2ccccn2)nc1. The monoisotopic (exact) mass is 516 g/mol. The first-order valence-electron chi connectivity index (χ1n) is 11.3. The largest absolute Gasteiger partial charge is 0.351 e. The average molecular weight is 517 g/mol. The van der Waals surface area contributed by atoms with E-state index in [1.807, 2.05) is 36.4 Å². The van der Waals surface area contributed by atoms with Crippen LogP contribution in [0.1, 0.15) is 20.7 Å². The van der Waals surface area contributed by atoms with E-state index in [1.54, 1.807) is 70.6 Å². The number of carbonyl (C=O) groups is 2. The van der Waals surface area contributed by atoms with Crippen molar-refractivity contribution in [2.45, 2.75) is 0 Å². The van der Waals surface area contributed by atoms with Crippen molar-refractivity contribution in [3.63, 3.8) is 0 Å². The van der Waals surface area contributed by atoms with Crippen LogP contribution >= 0.6 is 21.6 Å². The lowest BCUT2D eigenvalue weighted by molar-refractivity contribution is 0.0947. The molecule has 0 unspecified atom stereocenters. The van der Waals surface area contributed by atoms with Crippen molar-refractivity contribution < 1.29 is 9.59 Å². The lowest BCUT2D eigenvalue weighted by Crippen LogP contribution is -2.26. The zero-order valence-electron chi connectivity index (χ0n) is 19.3. The number of nitrogens with zero attached hydrogens (tertiary/aromatic N) is 4. The molecule has 0 fully saturated rings. The summed E-state index contributed by atoms with van der Waals surface area (Å²) >= 11 is 0. The van der Waals surface area contributed by atoms with Crippen LogP contribution in [0.4, 0.5) is 0 Å². The Bertz CT molecular complexity index is 1160. The summed E-state index contributed by atoms with van der Waals surface area (Å²) in [7, 11) is 3.29. The van der Waals surface area contributed by atoms with Crippen LogP contribution in [0.15, 0.2) is 85.5 Å². The summed E-state index contributed by atoms with van der Waals surface area (Å²) in [5.41, 5.74) is 4.01. The summed E-state index contributed by atoms with van der Waals surface area (Å²) in [4.78, 5) is 41.8. The van der Waals surface area contributed by atoms with Crippen LogP contribution in [0.25, 0.3) is 22.8 Å². The van der Waals surface area contributed by atoms with Gasteiger partial charge in [-0.3, -0.25) is 29.5 Å². The second kappa shape index (κ2) is 13.4. The van der Waals surface area contributed by atoms with Crippen LogP contribution < -0.4 is 10.6 Å². The van der Waals surface area contributed by atoms with Gasteiger partial charge in [0.1, 0.15) is 0 Å². The summed E-state index contributed by atoms with van der Waals surface area (Å²) < 4.78 is 0. The van der Waals surface area contributed by atoms with Gasteiger partial charge in [-0.15, -0.1) is 0 Å². The predicted octanol–water partition coefficient (Wildman–Crippen LogP) is 4.14. The minimum Gasteiger partial charge on any atom is -0.351 e. The third kappa shape index (κ3) is 7.37. The van der Waals surface area contributed by atoms with E-state index in [1.165, 1.54) is 0 Å². The van der Waals surface area contributed by atoms with Crippen molar-refractivity contribution >= 4 is 33.4 Å². The van der Waals surface area contributed by atoms with Crippen LogP contribution in [0.3, 0.4) is 0 Å². The van der Waals surface area contributed by atoms with Crippen molar-refractivity contribution in [2.24, 2.45) is 0 Å². The molecule has 0 spiro atoms. The third-order valence-electron chi connectivity index (χ3n) is 4.93. The highest BCUT2D eigenvalue weighted by molar-refractivity contribution is 8.76. The lowest BCUT2D eigenvalue weighted by Gasteiger charge is -2.07. The van der Waals surface area contributed by atoms with E-state index >= 15 is 0 Å². The number of rotatable bonds is 11. The fourth-order valence-corrected chi connectivity index (χ4v) is 4.94. The molecule has 0 aliphatic rings. The number of pyridine rings is 4. The summed E-state index contributed by atoms with van der Waals surface area (Å²) in [6.45, 7) is 1.08. The van der Waals surface area contributed by atoms with E-state index in [4.69, 9.17) is 0 Å². The zero-order chi connectivity index (χ0) is 25.0. The van der Waals surface area contributed by atoms with Gasteiger partial charge < -0.3 is 10.6 Å². The van der Waals surface area contributed by atoms with Gasteiger partial charge in [-0.2, -0.15) is 0 Å². The molecule has 4 rings (SSSR count). The average Bonchev–Trinajstić information content (AvgIpc) is 2.95. The molecular weight excluding hydrogens is 492 g/mol. The van der Waals surface area contributed by atoms with Crippen molar-refractivity contribution in [1.29, 1.82) is 0 Å².